The van der Waals surface area contributed by atoms with Gasteiger partial charge in [-0.15, -0.1) is 0 Å². The van der Waals surface area contributed by atoms with Gasteiger partial charge in [0.25, 0.3) is 0 Å². The Morgan fingerprint density at radius 1 is 1.21 bits per heavy atom. The maximum atomic E-state index is 5.88. The standard InChI is InChI=1S/C11H23NO2/c1-2-3-6-13-7-8-14-9-11(12)10-4-5-10/h10-11H,2-9,12H2,1H3. The molecule has 2 N–H and O–H groups in total. The molecule has 0 bridgehead atoms. The maximum Gasteiger partial charge on any atom is 0.0701 e. The van der Waals surface area contributed by atoms with Crippen LogP contribution in [0.3, 0.4) is 0 Å². The van der Waals surface area contributed by atoms with E-state index >= 15 is 0 Å². The first-order valence-electron chi connectivity index (χ1n) is 5.75. The summed E-state index contributed by atoms with van der Waals surface area (Å²) in [5.74, 6) is 0.732. The van der Waals surface area contributed by atoms with Crippen molar-refractivity contribution < 1.29 is 9.47 Å². The molecule has 1 aliphatic carbocycles. The van der Waals surface area contributed by atoms with Crippen molar-refractivity contribution >= 4 is 0 Å². The Bertz CT molecular complexity index is 137. The van der Waals surface area contributed by atoms with E-state index in [9.17, 15) is 0 Å². The van der Waals surface area contributed by atoms with Crippen molar-refractivity contribution in [1.82, 2.24) is 0 Å². The number of ether oxygens (including phenoxy) is 2. The fraction of sp³-hybridized carbons (Fsp3) is 1.00. The van der Waals surface area contributed by atoms with Crippen LogP contribution >= 0.6 is 0 Å². The van der Waals surface area contributed by atoms with E-state index < -0.39 is 0 Å². The highest BCUT2D eigenvalue weighted by Gasteiger charge is 2.28. The number of hydrogen-bond acceptors (Lipinski definition) is 3. The normalized spacial score (nSPS) is 18.4. The van der Waals surface area contributed by atoms with Gasteiger partial charge in [-0.25, -0.2) is 0 Å². The highest BCUT2D eigenvalue weighted by Crippen LogP contribution is 2.31. The second-order valence-corrected chi connectivity index (χ2v) is 4.04. The van der Waals surface area contributed by atoms with E-state index in [1.807, 2.05) is 0 Å². The summed E-state index contributed by atoms with van der Waals surface area (Å²) in [5.41, 5.74) is 5.88. The molecular weight excluding hydrogens is 178 g/mol. The molecule has 1 rings (SSSR count). The zero-order valence-electron chi connectivity index (χ0n) is 9.21. The molecule has 84 valence electrons. The second-order valence-electron chi connectivity index (χ2n) is 4.04. The highest BCUT2D eigenvalue weighted by atomic mass is 16.5. The fourth-order valence-corrected chi connectivity index (χ4v) is 1.35. The quantitative estimate of drug-likeness (QED) is 0.576. The average Bonchev–Trinajstić information content (AvgIpc) is 2.99. The minimum Gasteiger partial charge on any atom is -0.379 e. The Hall–Kier alpha value is -0.120. The minimum atomic E-state index is 0.255. The lowest BCUT2D eigenvalue weighted by molar-refractivity contribution is 0.0399. The largest absolute Gasteiger partial charge is 0.379 e. The van der Waals surface area contributed by atoms with Gasteiger partial charge >= 0.3 is 0 Å². The van der Waals surface area contributed by atoms with E-state index in [2.05, 4.69) is 6.92 Å². The van der Waals surface area contributed by atoms with E-state index in [4.69, 9.17) is 15.2 Å². The van der Waals surface area contributed by atoms with Gasteiger partial charge in [0.2, 0.25) is 0 Å². The van der Waals surface area contributed by atoms with Gasteiger partial charge < -0.3 is 15.2 Å². The molecule has 0 aliphatic heterocycles. The molecule has 1 saturated carbocycles. The monoisotopic (exact) mass is 201 g/mol. The first-order valence-corrected chi connectivity index (χ1v) is 5.75. The molecule has 1 unspecified atom stereocenters. The van der Waals surface area contributed by atoms with E-state index in [0.29, 0.717) is 19.8 Å². The summed E-state index contributed by atoms with van der Waals surface area (Å²) in [7, 11) is 0. The average molecular weight is 201 g/mol. The third-order valence-corrected chi connectivity index (χ3v) is 2.55. The van der Waals surface area contributed by atoms with Gasteiger partial charge in [0.15, 0.2) is 0 Å². The van der Waals surface area contributed by atoms with E-state index in [-0.39, 0.29) is 6.04 Å². The minimum absolute atomic E-state index is 0.255. The third kappa shape index (κ3) is 5.58. The molecule has 0 aromatic rings. The van der Waals surface area contributed by atoms with Gasteiger partial charge in [0.1, 0.15) is 0 Å². The smallest absolute Gasteiger partial charge is 0.0701 e. The lowest BCUT2D eigenvalue weighted by Gasteiger charge is -2.10. The van der Waals surface area contributed by atoms with Crippen LogP contribution in [0.4, 0.5) is 0 Å². The van der Waals surface area contributed by atoms with Crippen LogP contribution in [0.15, 0.2) is 0 Å². The summed E-state index contributed by atoms with van der Waals surface area (Å²) < 4.78 is 10.8. The third-order valence-electron chi connectivity index (χ3n) is 2.55. The van der Waals surface area contributed by atoms with E-state index in [1.54, 1.807) is 0 Å². The van der Waals surface area contributed by atoms with Crippen molar-refractivity contribution in [3.63, 3.8) is 0 Å². The predicted octanol–water partition coefficient (Wildman–Crippen LogP) is 1.56. The molecule has 0 aromatic heterocycles. The van der Waals surface area contributed by atoms with Crippen LogP contribution in [0.1, 0.15) is 32.6 Å². The molecule has 1 atom stereocenters. The zero-order valence-corrected chi connectivity index (χ0v) is 9.21. The highest BCUT2D eigenvalue weighted by molar-refractivity contribution is 4.83. The van der Waals surface area contributed by atoms with Gasteiger partial charge in [-0.05, 0) is 25.2 Å². The molecule has 14 heavy (non-hydrogen) atoms. The van der Waals surface area contributed by atoms with Crippen molar-refractivity contribution in [2.45, 2.75) is 38.6 Å². The number of hydrogen-bond donors (Lipinski definition) is 1. The van der Waals surface area contributed by atoms with E-state index in [1.165, 1.54) is 19.3 Å². The summed E-state index contributed by atoms with van der Waals surface area (Å²) in [5, 5.41) is 0. The molecule has 1 aliphatic rings. The Morgan fingerprint density at radius 2 is 1.93 bits per heavy atom. The maximum absolute atomic E-state index is 5.88. The second kappa shape index (κ2) is 7.21. The molecule has 0 amide bonds. The molecule has 0 spiro atoms. The summed E-state index contributed by atoms with van der Waals surface area (Å²) in [6.45, 7) is 5.10. The van der Waals surface area contributed by atoms with Gasteiger partial charge in [-0.2, -0.15) is 0 Å². The summed E-state index contributed by atoms with van der Waals surface area (Å²) >= 11 is 0. The molecule has 0 saturated heterocycles. The van der Waals surface area contributed by atoms with Gasteiger partial charge in [-0.3, -0.25) is 0 Å². The lowest BCUT2D eigenvalue weighted by Crippen LogP contribution is -2.29. The molecule has 0 aromatic carbocycles. The molecule has 1 fully saturated rings. The molecule has 3 nitrogen and oxygen atoms in total. The van der Waals surface area contributed by atoms with Crippen LogP contribution in [0.2, 0.25) is 0 Å². The fourth-order valence-electron chi connectivity index (χ4n) is 1.35. The van der Waals surface area contributed by atoms with Crippen molar-refractivity contribution in [3.8, 4) is 0 Å². The Kier molecular flexibility index (Phi) is 6.15. The molecular formula is C11H23NO2. The summed E-state index contributed by atoms with van der Waals surface area (Å²) in [6.07, 6.45) is 4.91. The number of nitrogens with two attached hydrogens (primary N) is 1. The number of unbranched alkanes of at least 4 members (excludes halogenated alkanes) is 1. The Balaban J connectivity index is 1.75. The molecule has 0 radical (unpaired) electrons. The van der Waals surface area contributed by atoms with Crippen LogP contribution in [0.25, 0.3) is 0 Å². The van der Waals surface area contributed by atoms with Crippen molar-refractivity contribution in [1.29, 1.82) is 0 Å². The Morgan fingerprint density at radius 3 is 2.57 bits per heavy atom. The topological polar surface area (TPSA) is 44.5 Å². The van der Waals surface area contributed by atoms with Crippen molar-refractivity contribution in [2.75, 3.05) is 26.4 Å². The van der Waals surface area contributed by atoms with Crippen LogP contribution in [-0.4, -0.2) is 32.5 Å². The van der Waals surface area contributed by atoms with Crippen molar-refractivity contribution in [2.24, 2.45) is 11.7 Å². The Labute approximate surface area is 86.9 Å². The summed E-state index contributed by atoms with van der Waals surface area (Å²) in [6, 6.07) is 0.255. The number of rotatable bonds is 9. The van der Waals surface area contributed by atoms with Crippen LogP contribution < -0.4 is 5.73 Å². The van der Waals surface area contributed by atoms with Crippen LogP contribution in [0.5, 0.6) is 0 Å². The van der Waals surface area contributed by atoms with Gasteiger partial charge in [0, 0.05) is 12.6 Å². The van der Waals surface area contributed by atoms with Crippen LogP contribution in [0, 0.1) is 5.92 Å². The first kappa shape index (κ1) is 12.0. The van der Waals surface area contributed by atoms with Crippen molar-refractivity contribution in [3.05, 3.63) is 0 Å². The van der Waals surface area contributed by atoms with E-state index in [0.717, 1.165) is 18.9 Å². The van der Waals surface area contributed by atoms with Gasteiger partial charge in [0.05, 0.1) is 19.8 Å². The lowest BCUT2D eigenvalue weighted by atomic mass is 10.2. The van der Waals surface area contributed by atoms with Crippen LogP contribution in [-0.2, 0) is 9.47 Å². The molecule has 3 heteroatoms. The summed E-state index contributed by atoms with van der Waals surface area (Å²) in [4.78, 5) is 0. The predicted molar refractivity (Wildman–Crippen MR) is 57.2 cm³/mol. The zero-order chi connectivity index (χ0) is 10.2. The van der Waals surface area contributed by atoms with Gasteiger partial charge in [-0.1, -0.05) is 13.3 Å². The SMILES string of the molecule is CCCCOCCOCC(N)C1CC1. The molecule has 0 heterocycles. The first-order chi connectivity index (χ1) is 6.84.